The van der Waals surface area contributed by atoms with Gasteiger partial charge in [-0.25, -0.2) is 4.68 Å². The van der Waals surface area contributed by atoms with E-state index < -0.39 is 0 Å². The number of benzene rings is 1. The Morgan fingerprint density at radius 2 is 2.00 bits per heavy atom. The zero-order valence-electron chi connectivity index (χ0n) is 14.4. The van der Waals surface area contributed by atoms with Crippen molar-refractivity contribution in [3.63, 3.8) is 0 Å². The summed E-state index contributed by atoms with van der Waals surface area (Å²) in [6, 6.07) is 11.9. The summed E-state index contributed by atoms with van der Waals surface area (Å²) < 4.78 is 1.79. The zero-order chi connectivity index (χ0) is 17.6. The molecule has 0 bridgehead atoms. The lowest BCUT2D eigenvalue weighted by Crippen LogP contribution is -2.29. The molecule has 2 aromatic rings. The minimum Gasteiger partial charge on any atom is -0.355 e. The molecule has 0 aliphatic heterocycles. The quantitative estimate of drug-likeness (QED) is 0.774. The van der Waals surface area contributed by atoms with E-state index in [0.717, 1.165) is 12.8 Å². The van der Waals surface area contributed by atoms with Gasteiger partial charge in [0.1, 0.15) is 5.82 Å². The molecule has 1 aromatic carbocycles. The third kappa shape index (κ3) is 4.92. The van der Waals surface area contributed by atoms with Crippen molar-refractivity contribution in [2.24, 2.45) is 11.8 Å². The average Bonchev–Trinajstić information content (AvgIpc) is 3.19. The molecular weight excluding hydrogens is 316 g/mol. The predicted octanol–water partition coefficient (Wildman–Crippen LogP) is 2.23. The van der Waals surface area contributed by atoms with E-state index in [1.165, 1.54) is 5.56 Å². The summed E-state index contributed by atoms with van der Waals surface area (Å²) in [6.07, 6.45) is 3.74. The molecule has 132 valence electrons. The van der Waals surface area contributed by atoms with Crippen LogP contribution in [-0.2, 0) is 22.6 Å². The van der Waals surface area contributed by atoms with Crippen LogP contribution in [0.5, 0.6) is 0 Å². The van der Waals surface area contributed by atoms with Crippen LogP contribution in [0.15, 0.2) is 42.6 Å². The van der Waals surface area contributed by atoms with Crippen LogP contribution >= 0.6 is 0 Å². The van der Waals surface area contributed by atoms with Gasteiger partial charge in [-0.2, -0.15) is 5.10 Å². The zero-order valence-corrected chi connectivity index (χ0v) is 14.4. The van der Waals surface area contributed by atoms with Crippen molar-refractivity contribution in [3.8, 4) is 0 Å². The van der Waals surface area contributed by atoms with Crippen LogP contribution in [0.3, 0.4) is 0 Å². The number of hydrogen-bond acceptors (Lipinski definition) is 3. The average molecular weight is 340 g/mol. The number of aryl methyl sites for hydroxylation is 2. The Kier molecular flexibility index (Phi) is 5.48. The third-order valence-electron chi connectivity index (χ3n) is 4.54. The van der Waals surface area contributed by atoms with Crippen LogP contribution in [-0.4, -0.2) is 28.1 Å². The van der Waals surface area contributed by atoms with E-state index in [4.69, 9.17) is 0 Å². The molecule has 0 spiro atoms. The first-order chi connectivity index (χ1) is 12.1. The van der Waals surface area contributed by atoms with E-state index in [9.17, 15) is 9.59 Å². The molecular formula is C19H24N4O2. The van der Waals surface area contributed by atoms with E-state index in [2.05, 4.69) is 34.8 Å². The Morgan fingerprint density at radius 1 is 1.24 bits per heavy atom. The van der Waals surface area contributed by atoms with Crippen molar-refractivity contribution >= 4 is 17.6 Å². The molecule has 1 fully saturated rings. The Labute approximate surface area is 147 Å². The number of anilines is 1. The van der Waals surface area contributed by atoms with Crippen LogP contribution in [0.1, 0.15) is 25.3 Å². The van der Waals surface area contributed by atoms with Gasteiger partial charge in [0.15, 0.2) is 0 Å². The van der Waals surface area contributed by atoms with Gasteiger partial charge in [-0.05, 0) is 24.3 Å². The van der Waals surface area contributed by atoms with Gasteiger partial charge >= 0.3 is 0 Å². The second-order valence-corrected chi connectivity index (χ2v) is 6.58. The maximum absolute atomic E-state index is 12.1. The third-order valence-corrected chi connectivity index (χ3v) is 4.54. The van der Waals surface area contributed by atoms with E-state index in [0.29, 0.717) is 24.8 Å². The number of aromatic nitrogens is 2. The number of amides is 2. The lowest BCUT2D eigenvalue weighted by molar-refractivity contribution is -0.122. The van der Waals surface area contributed by atoms with E-state index in [1.54, 1.807) is 16.9 Å². The normalized spacial score (nSPS) is 18.6. The van der Waals surface area contributed by atoms with E-state index in [1.807, 2.05) is 18.2 Å². The summed E-state index contributed by atoms with van der Waals surface area (Å²) in [6.45, 7) is 3.13. The molecule has 25 heavy (non-hydrogen) atoms. The standard InChI is InChI=1S/C19H24N4O2/c1-14-13-16(14)19(25)20-10-8-18(24)22-17-7-11-21-23(17)12-9-15-5-3-2-4-6-15/h2-7,11,14,16H,8-10,12-13H2,1H3,(H,20,25)(H,22,24)/t14-,16+/m0/s1. The van der Waals surface area contributed by atoms with Gasteiger partial charge in [-0.15, -0.1) is 0 Å². The summed E-state index contributed by atoms with van der Waals surface area (Å²) in [5, 5.41) is 9.95. The molecule has 3 rings (SSSR count). The number of rotatable bonds is 8. The van der Waals surface area contributed by atoms with Gasteiger partial charge < -0.3 is 10.6 Å². The lowest BCUT2D eigenvalue weighted by atomic mass is 10.1. The van der Waals surface area contributed by atoms with Crippen molar-refractivity contribution < 1.29 is 9.59 Å². The Hall–Kier alpha value is -2.63. The molecule has 6 heteroatoms. The van der Waals surface area contributed by atoms with Gasteiger partial charge in [-0.1, -0.05) is 37.3 Å². The van der Waals surface area contributed by atoms with Crippen molar-refractivity contribution in [3.05, 3.63) is 48.2 Å². The fourth-order valence-electron chi connectivity index (χ4n) is 2.82. The number of carbonyl (C=O) groups excluding carboxylic acids is 2. The van der Waals surface area contributed by atoms with Crippen LogP contribution in [0.2, 0.25) is 0 Å². The topological polar surface area (TPSA) is 76.0 Å². The smallest absolute Gasteiger partial charge is 0.227 e. The van der Waals surface area contributed by atoms with Gasteiger partial charge in [0.25, 0.3) is 0 Å². The minimum absolute atomic E-state index is 0.0632. The molecule has 6 nitrogen and oxygen atoms in total. The van der Waals surface area contributed by atoms with E-state index in [-0.39, 0.29) is 24.2 Å². The molecule has 1 aliphatic carbocycles. The van der Waals surface area contributed by atoms with Crippen molar-refractivity contribution in [1.82, 2.24) is 15.1 Å². The molecule has 0 saturated heterocycles. The fourth-order valence-corrected chi connectivity index (χ4v) is 2.82. The van der Waals surface area contributed by atoms with Gasteiger partial charge in [0.05, 0.1) is 6.20 Å². The monoisotopic (exact) mass is 340 g/mol. The fraction of sp³-hybridized carbons (Fsp3) is 0.421. The molecule has 2 N–H and O–H groups in total. The van der Waals surface area contributed by atoms with Crippen molar-refractivity contribution in [1.29, 1.82) is 0 Å². The molecule has 1 heterocycles. The maximum Gasteiger partial charge on any atom is 0.227 e. The van der Waals surface area contributed by atoms with Crippen LogP contribution in [0.4, 0.5) is 5.82 Å². The summed E-state index contributed by atoms with van der Waals surface area (Å²) >= 11 is 0. The molecule has 0 radical (unpaired) electrons. The number of nitrogens with one attached hydrogen (secondary N) is 2. The van der Waals surface area contributed by atoms with Crippen molar-refractivity contribution in [2.75, 3.05) is 11.9 Å². The highest BCUT2D eigenvalue weighted by atomic mass is 16.2. The lowest BCUT2D eigenvalue weighted by Gasteiger charge is -2.09. The van der Waals surface area contributed by atoms with Crippen LogP contribution in [0.25, 0.3) is 0 Å². The minimum atomic E-state index is -0.120. The molecule has 2 amide bonds. The first kappa shape index (κ1) is 17.2. The number of nitrogens with zero attached hydrogens (tertiary/aromatic N) is 2. The highest BCUT2D eigenvalue weighted by Gasteiger charge is 2.38. The van der Waals surface area contributed by atoms with Gasteiger partial charge in [0, 0.05) is 31.5 Å². The number of carbonyl (C=O) groups is 2. The van der Waals surface area contributed by atoms with E-state index >= 15 is 0 Å². The van der Waals surface area contributed by atoms with Crippen LogP contribution < -0.4 is 10.6 Å². The highest BCUT2D eigenvalue weighted by molar-refractivity contribution is 5.90. The number of hydrogen-bond donors (Lipinski definition) is 2. The Balaban J connectivity index is 1.42. The second kappa shape index (κ2) is 7.96. The van der Waals surface area contributed by atoms with Gasteiger partial charge in [-0.3, -0.25) is 9.59 Å². The Bertz CT molecular complexity index is 726. The Morgan fingerprint density at radius 3 is 2.72 bits per heavy atom. The molecule has 1 aromatic heterocycles. The first-order valence-electron chi connectivity index (χ1n) is 8.77. The summed E-state index contributed by atoms with van der Waals surface area (Å²) in [4.78, 5) is 23.8. The first-order valence-corrected chi connectivity index (χ1v) is 8.77. The predicted molar refractivity (Wildman–Crippen MR) is 95.9 cm³/mol. The summed E-state index contributed by atoms with van der Waals surface area (Å²) in [5.74, 6) is 1.25. The summed E-state index contributed by atoms with van der Waals surface area (Å²) in [7, 11) is 0. The molecule has 2 atom stereocenters. The maximum atomic E-state index is 12.1. The largest absolute Gasteiger partial charge is 0.355 e. The molecule has 1 aliphatic rings. The SMILES string of the molecule is C[C@H]1C[C@H]1C(=O)NCCC(=O)Nc1ccnn1CCc1ccccc1. The van der Waals surface area contributed by atoms with Crippen molar-refractivity contribution in [2.45, 2.75) is 32.7 Å². The van der Waals surface area contributed by atoms with Crippen LogP contribution in [0, 0.1) is 11.8 Å². The molecule has 0 unspecified atom stereocenters. The molecule has 1 saturated carbocycles. The van der Waals surface area contributed by atoms with Gasteiger partial charge in [0.2, 0.25) is 11.8 Å². The second-order valence-electron chi connectivity index (χ2n) is 6.58. The highest BCUT2D eigenvalue weighted by Crippen LogP contribution is 2.37. The summed E-state index contributed by atoms with van der Waals surface area (Å²) in [5.41, 5.74) is 1.23.